The number of nitrogens with zero attached hydrogens (tertiary/aromatic N) is 3. The molecule has 3 N–H and O–H groups in total. The molecule has 0 aromatic carbocycles. The van der Waals surface area contributed by atoms with Gasteiger partial charge in [0.1, 0.15) is 0 Å². The fourth-order valence-corrected chi connectivity index (χ4v) is 2.69. The maximum absolute atomic E-state index is 11.6. The summed E-state index contributed by atoms with van der Waals surface area (Å²) in [7, 11) is 1.59. The molecule has 0 bridgehead atoms. The van der Waals surface area contributed by atoms with Crippen LogP contribution in [0.25, 0.3) is 5.52 Å². The summed E-state index contributed by atoms with van der Waals surface area (Å²) >= 11 is 0. The molecule has 3 heterocycles. The van der Waals surface area contributed by atoms with E-state index in [9.17, 15) is 4.79 Å². The first kappa shape index (κ1) is 12.8. The number of fused-ring (bicyclic) bond motifs is 1. The van der Waals surface area contributed by atoms with Crippen LogP contribution in [0.2, 0.25) is 0 Å². The zero-order chi connectivity index (χ0) is 14.3. The Hall–Kier alpha value is -2.24. The Bertz CT molecular complexity index is 663. The van der Waals surface area contributed by atoms with E-state index in [1.807, 2.05) is 12.3 Å². The summed E-state index contributed by atoms with van der Waals surface area (Å²) in [5.41, 5.74) is 8.94. The van der Waals surface area contributed by atoms with Crippen LogP contribution in [-0.4, -0.2) is 35.7 Å². The summed E-state index contributed by atoms with van der Waals surface area (Å²) in [6.07, 6.45) is 3.14. The number of pyridine rings is 1. The van der Waals surface area contributed by atoms with Crippen LogP contribution in [0.5, 0.6) is 0 Å². The third-order valence-corrected chi connectivity index (χ3v) is 3.84. The maximum atomic E-state index is 11.6. The minimum Gasteiger partial charge on any atom is -0.397 e. The van der Waals surface area contributed by atoms with Crippen LogP contribution in [0.3, 0.4) is 0 Å². The van der Waals surface area contributed by atoms with Crippen LogP contribution in [0.1, 0.15) is 23.8 Å². The van der Waals surface area contributed by atoms with E-state index in [1.54, 1.807) is 17.6 Å². The van der Waals surface area contributed by atoms with Gasteiger partial charge in [0.2, 0.25) is 0 Å². The maximum Gasteiger partial charge on any atom is 0.271 e. The minimum atomic E-state index is -0.204. The van der Waals surface area contributed by atoms with Crippen molar-refractivity contribution in [3.63, 3.8) is 0 Å². The summed E-state index contributed by atoms with van der Waals surface area (Å²) in [6, 6.07) is 3.67. The molecule has 1 aliphatic heterocycles. The number of nitrogens with one attached hydrogen (secondary N) is 1. The van der Waals surface area contributed by atoms with Crippen molar-refractivity contribution in [2.45, 2.75) is 13.3 Å². The number of carbonyl (C=O) groups is 1. The highest BCUT2D eigenvalue weighted by atomic mass is 16.1. The molecule has 0 radical (unpaired) electrons. The second-order valence-corrected chi connectivity index (χ2v) is 5.43. The molecular formula is C14H19N5O. The molecule has 0 aliphatic carbocycles. The lowest BCUT2D eigenvalue weighted by Gasteiger charge is -2.18. The number of hydrogen-bond acceptors (Lipinski definition) is 4. The van der Waals surface area contributed by atoms with Crippen molar-refractivity contribution in [3.05, 3.63) is 24.0 Å². The van der Waals surface area contributed by atoms with Crippen molar-refractivity contribution in [1.82, 2.24) is 14.9 Å². The Morgan fingerprint density at radius 3 is 2.95 bits per heavy atom. The summed E-state index contributed by atoms with van der Waals surface area (Å²) < 4.78 is 1.69. The first-order valence-electron chi connectivity index (χ1n) is 6.84. The molecule has 6 nitrogen and oxygen atoms in total. The van der Waals surface area contributed by atoms with Crippen molar-refractivity contribution < 1.29 is 4.79 Å². The number of rotatable bonds is 2. The lowest BCUT2D eigenvalue weighted by molar-refractivity contribution is 0.0958. The molecule has 1 unspecified atom stereocenters. The molecule has 1 aliphatic rings. The van der Waals surface area contributed by atoms with E-state index in [4.69, 9.17) is 5.73 Å². The standard InChI is InChI=1S/C14H19N5O/c1-9-3-4-18(7-9)10-5-11(15)13-6-12(14(20)16-2)17-19(13)8-10/h5-6,8-9H,3-4,7,15H2,1-2H3,(H,16,20). The van der Waals surface area contributed by atoms with E-state index >= 15 is 0 Å². The number of hydrogen-bond donors (Lipinski definition) is 2. The first-order valence-corrected chi connectivity index (χ1v) is 6.84. The third-order valence-electron chi connectivity index (χ3n) is 3.84. The van der Waals surface area contributed by atoms with Crippen LogP contribution >= 0.6 is 0 Å². The van der Waals surface area contributed by atoms with Gasteiger partial charge in [-0.15, -0.1) is 0 Å². The van der Waals surface area contributed by atoms with Gasteiger partial charge in [0.05, 0.1) is 23.1 Å². The predicted molar refractivity (Wildman–Crippen MR) is 79.0 cm³/mol. The zero-order valence-corrected chi connectivity index (χ0v) is 11.8. The molecule has 1 amide bonds. The lowest BCUT2D eigenvalue weighted by atomic mass is 10.2. The van der Waals surface area contributed by atoms with Gasteiger partial charge in [0.15, 0.2) is 5.69 Å². The Morgan fingerprint density at radius 2 is 2.30 bits per heavy atom. The number of amides is 1. The number of carbonyl (C=O) groups excluding carboxylic acids is 1. The first-order chi connectivity index (χ1) is 9.58. The highest BCUT2D eigenvalue weighted by molar-refractivity contribution is 5.94. The number of aromatic nitrogens is 2. The van der Waals surface area contributed by atoms with Crippen molar-refractivity contribution in [1.29, 1.82) is 0 Å². The molecular weight excluding hydrogens is 254 g/mol. The van der Waals surface area contributed by atoms with Gasteiger partial charge in [0.25, 0.3) is 5.91 Å². The average molecular weight is 273 g/mol. The van der Waals surface area contributed by atoms with E-state index in [2.05, 4.69) is 22.2 Å². The van der Waals surface area contributed by atoms with Gasteiger partial charge in [0, 0.05) is 20.1 Å². The zero-order valence-electron chi connectivity index (χ0n) is 11.8. The Kier molecular flexibility index (Phi) is 3.00. The van der Waals surface area contributed by atoms with Gasteiger partial charge < -0.3 is 16.0 Å². The third kappa shape index (κ3) is 2.07. The van der Waals surface area contributed by atoms with E-state index < -0.39 is 0 Å². The SMILES string of the molecule is CNC(=O)c1cc2c(N)cc(N3CCC(C)C3)cn2n1. The van der Waals surface area contributed by atoms with Gasteiger partial charge in [-0.05, 0) is 24.5 Å². The fraction of sp³-hybridized carbons (Fsp3) is 0.429. The summed E-state index contributed by atoms with van der Waals surface area (Å²) in [4.78, 5) is 13.9. The Morgan fingerprint density at radius 1 is 1.50 bits per heavy atom. The van der Waals surface area contributed by atoms with E-state index in [0.29, 0.717) is 17.3 Å². The van der Waals surface area contributed by atoms with Crippen molar-refractivity contribution in [3.8, 4) is 0 Å². The molecule has 2 aromatic heterocycles. The van der Waals surface area contributed by atoms with Gasteiger partial charge in [-0.1, -0.05) is 6.92 Å². The van der Waals surface area contributed by atoms with E-state index in [0.717, 1.165) is 24.3 Å². The average Bonchev–Trinajstić information content (AvgIpc) is 3.04. The van der Waals surface area contributed by atoms with Crippen LogP contribution in [-0.2, 0) is 0 Å². The van der Waals surface area contributed by atoms with Crippen LogP contribution < -0.4 is 16.0 Å². The second-order valence-electron chi connectivity index (χ2n) is 5.43. The van der Waals surface area contributed by atoms with Crippen molar-refractivity contribution >= 4 is 22.8 Å². The number of anilines is 2. The Labute approximate surface area is 117 Å². The predicted octanol–water partition coefficient (Wildman–Crippen LogP) is 1.12. The van der Waals surface area contributed by atoms with Crippen LogP contribution in [0.15, 0.2) is 18.3 Å². The molecule has 106 valence electrons. The molecule has 0 saturated carbocycles. The van der Waals surface area contributed by atoms with Crippen LogP contribution in [0, 0.1) is 5.92 Å². The van der Waals surface area contributed by atoms with Gasteiger partial charge in [-0.25, -0.2) is 4.52 Å². The smallest absolute Gasteiger partial charge is 0.271 e. The van der Waals surface area contributed by atoms with E-state index in [-0.39, 0.29) is 5.91 Å². The topological polar surface area (TPSA) is 75.7 Å². The quantitative estimate of drug-likeness (QED) is 0.860. The summed E-state index contributed by atoms with van der Waals surface area (Å²) in [6.45, 7) is 4.32. The normalized spacial score (nSPS) is 18.7. The van der Waals surface area contributed by atoms with Gasteiger partial charge in [-0.2, -0.15) is 5.10 Å². The molecule has 20 heavy (non-hydrogen) atoms. The summed E-state index contributed by atoms with van der Waals surface area (Å²) in [5.74, 6) is 0.496. The number of nitrogen functional groups attached to an aromatic ring is 1. The largest absolute Gasteiger partial charge is 0.397 e. The summed E-state index contributed by atoms with van der Waals surface area (Å²) in [5, 5.41) is 6.86. The second kappa shape index (κ2) is 4.70. The van der Waals surface area contributed by atoms with Crippen LogP contribution in [0.4, 0.5) is 11.4 Å². The number of nitrogens with two attached hydrogens (primary N) is 1. The molecule has 0 spiro atoms. The molecule has 1 saturated heterocycles. The van der Waals surface area contributed by atoms with Gasteiger partial charge >= 0.3 is 0 Å². The Balaban J connectivity index is 2.02. The highest BCUT2D eigenvalue weighted by Crippen LogP contribution is 2.27. The highest BCUT2D eigenvalue weighted by Gasteiger charge is 2.20. The molecule has 1 atom stereocenters. The molecule has 6 heteroatoms. The van der Waals surface area contributed by atoms with Crippen molar-refractivity contribution in [2.24, 2.45) is 5.92 Å². The minimum absolute atomic E-state index is 0.204. The monoisotopic (exact) mass is 273 g/mol. The fourth-order valence-electron chi connectivity index (χ4n) is 2.69. The van der Waals surface area contributed by atoms with Crippen molar-refractivity contribution in [2.75, 3.05) is 30.8 Å². The van der Waals surface area contributed by atoms with E-state index in [1.165, 1.54) is 6.42 Å². The van der Waals surface area contributed by atoms with Gasteiger partial charge in [-0.3, -0.25) is 4.79 Å². The molecule has 1 fully saturated rings. The molecule has 3 rings (SSSR count). The molecule has 2 aromatic rings. The lowest BCUT2D eigenvalue weighted by Crippen LogP contribution is -2.20.